The number of rotatable bonds is 3. The van der Waals surface area contributed by atoms with E-state index < -0.39 is 6.04 Å². The van der Waals surface area contributed by atoms with E-state index in [2.05, 4.69) is 9.97 Å². The fraction of sp³-hybridized carbons (Fsp3) is 0.368. The Morgan fingerprint density at radius 2 is 2.00 bits per heavy atom. The summed E-state index contributed by atoms with van der Waals surface area (Å²) in [5.41, 5.74) is 2.83. The zero-order valence-electron chi connectivity index (χ0n) is 14.2. The van der Waals surface area contributed by atoms with Gasteiger partial charge in [0.15, 0.2) is 5.82 Å². The van der Waals surface area contributed by atoms with Crippen LogP contribution in [0.3, 0.4) is 0 Å². The van der Waals surface area contributed by atoms with Crippen LogP contribution in [0.5, 0.6) is 0 Å². The molecule has 0 saturated carbocycles. The predicted molar refractivity (Wildman–Crippen MR) is 92.1 cm³/mol. The number of likely N-dealkylation sites (tertiary alicyclic amines) is 1. The van der Waals surface area contributed by atoms with Crippen molar-refractivity contribution >= 4 is 11.8 Å². The number of carbonyl (C=O) groups excluding carboxylic acids is 2. The monoisotopic (exact) mass is 336 g/mol. The molecule has 0 aliphatic carbocycles. The van der Waals surface area contributed by atoms with Crippen molar-refractivity contribution in [3.8, 4) is 11.4 Å². The van der Waals surface area contributed by atoms with E-state index in [1.54, 1.807) is 9.80 Å². The van der Waals surface area contributed by atoms with Crippen molar-refractivity contribution in [1.82, 2.24) is 19.8 Å². The van der Waals surface area contributed by atoms with Gasteiger partial charge in [0, 0.05) is 36.8 Å². The Morgan fingerprint density at radius 3 is 2.72 bits per heavy atom. The third kappa shape index (κ3) is 2.88. The lowest BCUT2D eigenvalue weighted by Gasteiger charge is -2.27. The topological polar surface area (TPSA) is 66.4 Å². The van der Waals surface area contributed by atoms with Crippen molar-refractivity contribution in [2.75, 3.05) is 6.54 Å². The molecule has 0 spiro atoms. The van der Waals surface area contributed by atoms with Crippen LogP contribution in [0, 0.1) is 0 Å². The Balaban J connectivity index is 1.51. The van der Waals surface area contributed by atoms with Crippen LogP contribution in [-0.4, -0.2) is 44.2 Å². The number of fused-ring (bicyclic) bond motifs is 1. The van der Waals surface area contributed by atoms with Crippen LogP contribution in [0.4, 0.5) is 0 Å². The summed E-state index contributed by atoms with van der Waals surface area (Å²) >= 11 is 0. The quantitative estimate of drug-likeness (QED) is 0.860. The summed E-state index contributed by atoms with van der Waals surface area (Å²) in [6.45, 7) is 3.47. The molecule has 1 aromatic heterocycles. The van der Waals surface area contributed by atoms with E-state index in [0.29, 0.717) is 31.9 Å². The number of benzene rings is 1. The summed E-state index contributed by atoms with van der Waals surface area (Å²) in [5.74, 6) is 0.731. The maximum Gasteiger partial charge on any atom is 0.245 e. The summed E-state index contributed by atoms with van der Waals surface area (Å²) in [7, 11) is 0. The van der Waals surface area contributed by atoms with Gasteiger partial charge in [0.1, 0.15) is 6.04 Å². The number of aromatic nitrogens is 2. The summed E-state index contributed by atoms with van der Waals surface area (Å²) in [6.07, 6.45) is 3.19. The first-order valence-electron chi connectivity index (χ1n) is 8.62. The summed E-state index contributed by atoms with van der Waals surface area (Å²) in [4.78, 5) is 37.2. The highest BCUT2D eigenvalue weighted by Crippen LogP contribution is 2.25. The van der Waals surface area contributed by atoms with E-state index in [-0.39, 0.29) is 11.8 Å². The van der Waals surface area contributed by atoms with Gasteiger partial charge >= 0.3 is 0 Å². The lowest BCUT2D eigenvalue weighted by Crippen LogP contribution is -2.45. The van der Waals surface area contributed by atoms with Crippen LogP contribution in [-0.2, 0) is 22.7 Å². The average Bonchev–Trinajstić information content (AvgIpc) is 3.26. The molecule has 2 aromatic rings. The molecule has 25 heavy (non-hydrogen) atoms. The van der Waals surface area contributed by atoms with E-state index in [1.807, 2.05) is 43.5 Å². The third-order valence-corrected chi connectivity index (χ3v) is 4.93. The molecule has 1 saturated heterocycles. The maximum absolute atomic E-state index is 12.8. The SMILES string of the molecule is C[C@@H](C(=O)N1Cc2cnc(-c3ccccc3)nc2C1)N1CCCC1=O. The highest BCUT2D eigenvalue weighted by atomic mass is 16.2. The number of hydrogen-bond donors (Lipinski definition) is 0. The van der Waals surface area contributed by atoms with Gasteiger partial charge < -0.3 is 9.80 Å². The molecule has 1 fully saturated rings. The second-order valence-corrected chi connectivity index (χ2v) is 6.59. The first-order valence-corrected chi connectivity index (χ1v) is 8.62. The van der Waals surface area contributed by atoms with Gasteiger partial charge in [-0.15, -0.1) is 0 Å². The van der Waals surface area contributed by atoms with E-state index in [9.17, 15) is 9.59 Å². The fourth-order valence-corrected chi connectivity index (χ4v) is 3.51. The van der Waals surface area contributed by atoms with Gasteiger partial charge in [-0.3, -0.25) is 9.59 Å². The molecule has 2 amide bonds. The standard InChI is InChI=1S/C19H20N4O2/c1-13(23-9-5-8-17(23)24)19(25)22-11-15-10-20-18(21-16(15)12-22)14-6-3-2-4-7-14/h2-4,6-7,10,13H,5,8-9,11-12H2,1H3/t13-/m0/s1. The molecule has 0 bridgehead atoms. The van der Waals surface area contributed by atoms with Crippen LogP contribution in [0.1, 0.15) is 31.0 Å². The minimum Gasteiger partial charge on any atom is -0.331 e. The van der Waals surface area contributed by atoms with E-state index in [1.165, 1.54) is 0 Å². The van der Waals surface area contributed by atoms with Crippen LogP contribution in [0.15, 0.2) is 36.5 Å². The van der Waals surface area contributed by atoms with Gasteiger partial charge in [-0.05, 0) is 13.3 Å². The molecule has 0 unspecified atom stereocenters. The molecule has 128 valence electrons. The van der Waals surface area contributed by atoms with Gasteiger partial charge in [-0.1, -0.05) is 30.3 Å². The third-order valence-electron chi connectivity index (χ3n) is 4.93. The molecular formula is C19H20N4O2. The van der Waals surface area contributed by atoms with Crippen molar-refractivity contribution in [2.45, 2.75) is 38.9 Å². The van der Waals surface area contributed by atoms with Gasteiger partial charge in [0.2, 0.25) is 11.8 Å². The number of nitrogens with zero attached hydrogens (tertiary/aromatic N) is 4. The van der Waals surface area contributed by atoms with Crippen LogP contribution in [0.2, 0.25) is 0 Å². The Morgan fingerprint density at radius 1 is 1.20 bits per heavy atom. The second-order valence-electron chi connectivity index (χ2n) is 6.59. The number of amides is 2. The average molecular weight is 336 g/mol. The minimum absolute atomic E-state index is 0.0190. The highest BCUT2D eigenvalue weighted by Gasteiger charge is 2.34. The number of carbonyl (C=O) groups is 2. The molecule has 1 atom stereocenters. The molecular weight excluding hydrogens is 316 g/mol. The Kier molecular flexibility index (Phi) is 3.95. The minimum atomic E-state index is -0.411. The highest BCUT2D eigenvalue weighted by molar-refractivity contribution is 5.88. The van der Waals surface area contributed by atoms with Gasteiger partial charge in [-0.25, -0.2) is 9.97 Å². The van der Waals surface area contributed by atoms with Crippen LogP contribution in [0.25, 0.3) is 11.4 Å². The summed E-state index contributed by atoms with van der Waals surface area (Å²) in [6, 6.07) is 9.40. The Hall–Kier alpha value is -2.76. The Bertz CT molecular complexity index is 821. The van der Waals surface area contributed by atoms with Gasteiger partial charge in [0.25, 0.3) is 0 Å². The molecule has 2 aliphatic heterocycles. The molecule has 6 nitrogen and oxygen atoms in total. The molecule has 0 radical (unpaired) electrons. The largest absolute Gasteiger partial charge is 0.331 e. The lowest BCUT2D eigenvalue weighted by atomic mass is 10.2. The van der Waals surface area contributed by atoms with Crippen molar-refractivity contribution in [1.29, 1.82) is 0 Å². The zero-order valence-corrected chi connectivity index (χ0v) is 14.2. The maximum atomic E-state index is 12.8. The van der Waals surface area contributed by atoms with Crippen molar-refractivity contribution in [2.24, 2.45) is 0 Å². The van der Waals surface area contributed by atoms with E-state index in [0.717, 1.165) is 23.2 Å². The molecule has 6 heteroatoms. The fourth-order valence-electron chi connectivity index (χ4n) is 3.51. The van der Waals surface area contributed by atoms with Crippen LogP contribution >= 0.6 is 0 Å². The number of hydrogen-bond acceptors (Lipinski definition) is 4. The van der Waals surface area contributed by atoms with E-state index in [4.69, 9.17) is 0 Å². The van der Waals surface area contributed by atoms with E-state index >= 15 is 0 Å². The lowest BCUT2D eigenvalue weighted by molar-refractivity contribution is -0.143. The molecule has 3 heterocycles. The van der Waals surface area contributed by atoms with Crippen molar-refractivity contribution in [3.63, 3.8) is 0 Å². The Labute approximate surface area is 146 Å². The molecule has 2 aliphatic rings. The van der Waals surface area contributed by atoms with Crippen LogP contribution < -0.4 is 0 Å². The van der Waals surface area contributed by atoms with Gasteiger partial charge in [0.05, 0.1) is 12.2 Å². The summed E-state index contributed by atoms with van der Waals surface area (Å²) < 4.78 is 0. The van der Waals surface area contributed by atoms with Crippen molar-refractivity contribution < 1.29 is 9.59 Å². The predicted octanol–water partition coefficient (Wildman–Crippen LogP) is 2.00. The van der Waals surface area contributed by atoms with Gasteiger partial charge in [-0.2, -0.15) is 0 Å². The van der Waals surface area contributed by atoms with Crippen molar-refractivity contribution in [3.05, 3.63) is 47.8 Å². The second kappa shape index (κ2) is 6.27. The first-order chi connectivity index (χ1) is 12.1. The normalized spacial score (nSPS) is 17.7. The summed E-state index contributed by atoms with van der Waals surface area (Å²) in [5, 5.41) is 0. The first kappa shape index (κ1) is 15.7. The zero-order chi connectivity index (χ0) is 17.4. The smallest absolute Gasteiger partial charge is 0.245 e. The molecule has 1 aromatic carbocycles. The molecule has 0 N–H and O–H groups in total. The molecule has 4 rings (SSSR count).